The number of aromatic nitrogens is 2. The lowest BCUT2D eigenvalue weighted by atomic mass is 10.2. The number of pyridine rings is 1. The minimum atomic E-state index is -0.959. The van der Waals surface area contributed by atoms with Gasteiger partial charge in [0.05, 0.1) is 17.4 Å². The first-order valence-electron chi connectivity index (χ1n) is 5.29. The first kappa shape index (κ1) is 10.9. The van der Waals surface area contributed by atoms with E-state index in [1.807, 2.05) is 36.4 Å². The lowest BCUT2D eigenvalue weighted by Crippen LogP contribution is -1.89. The number of carbonyl (C=O) groups is 1. The highest BCUT2D eigenvalue weighted by molar-refractivity contribution is 7.16. The summed E-state index contributed by atoms with van der Waals surface area (Å²) in [5.41, 5.74) is 1.58. The molecule has 1 N–H and O–H groups in total. The van der Waals surface area contributed by atoms with E-state index in [0.29, 0.717) is 10.7 Å². The van der Waals surface area contributed by atoms with Gasteiger partial charge in [-0.25, -0.2) is 14.8 Å². The van der Waals surface area contributed by atoms with Crippen LogP contribution >= 0.6 is 11.3 Å². The summed E-state index contributed by atoms with van der Waals surface area (Å²) in [6.45, 7) is 0. The second kappa shape index (κ2) is 4.19. The smallest absolute Gasteiger partial charge is 0.347 e. The third-order valence-corrected chi connectivity index (χ3v) is 3.54. The summed E-state index contributed by atoms with van der Waals surface area (Å²) in [6.07, 6.45) is 1.36. The second-order valence-electron chi connectivity index (χ2n) is 3.72. The summed E-state index contributed by atoms with van der Waals surface area (Å²) in [7, 11) is 0. The molecular weight excluding hydrogens is 248 g/mol. The molecule has 0 fully saturated rings. The summed E-state index contributed by atoms with van der Waals surface area (Å²) in [6, 6.07) is 11.6. The van der Waals surface area contributed by atoms with Crippen molar-refractivity contribution < 1.29 is 9.90 Å². The molecule has 0 saturated heterocycles. The number of para-hydroxylation sites is 1. The maximum atomic E-state index is 10.8. The van der Waals surface area contributed by atoms with Crippen molar-refractivity contribution in [3.8, 4) is 10.7 Å². The fraction of sp³-hybridized carbons (Fsp3) is 0. The number of benzene rings is 1. The Morgan fingerprint density at radius 2 is 2.00 bits per heavy atom. The predicted octanol–water partition coefficient (Wildman–Crippen LogP) is 3.06. The van der Waals surface area contributed by atoms with Gasteiger partial charge in [0.15, 0.2) is 0 Å². The SMILES string of the molecule is O=C(O)c1cnc(-c2ccc3ccccc3n2)s1. The number of hydrogen-bond donors (Lipinski definition) is 1. The minimum absolute atomic E-state index is 0.222. The normalized spacial score (nSPS) is 10.7. The molecule has 0 aliphatic carbocycles. The van der Waals surface area contributed by atoms with Crippen molar-refractivity contribution in [1.29, 1.82) is 0 Å². The molecule has 1 aromatic carbocycles. The van der Waals surface area contributed by atoms with Crippen molar-refractivity contribution in [2.45, 2.75) is 0 Å². The molecule has 2 aromatic heterocycles. The number of nitrogens with zero attached hydrogens (tertiary/aromatic N) is 2. The predicted molar refractivity (Wildman–Crippen MR) is 69.8 cm³/mol. The molecular formula is C13H8N2O2S. The molecule has 88 valence electrons. The van der Waals surface area contributed by atoms with Crippen LogP contribution in [0, 0.1) is 0 Å². The number of rotatable bonds is 2. The van der Waals surface area contributed by atoms with E-state index in [9.17, 15) is 4.79 Å². The number of carboxylic acids is 1. The van der Waals surface area contributed by atoms with E-state index in [1.165, 1.54) is 6.20 Å². The molecule has 0 atom stereocenters. The van der Waals surface area contributed by atoms with Gasteiger partial charge in [0.2, 0.25) is 0 Å². The zero-order valence-electron chi connectivity index (χ0n) is 9.20. The van der Waals surface area contributed by atoms with E-state index in [2.05, 4.69) is 9.97 Å². The van der Waals surface area contributed by atoms with Crippen LogP contribution in [-0.2, 0) is 0 Å². The fourth-order valence-corrected chi connectivity index (χ4v) is 2.40. The van der Waals surface area contributed by atoms with Crippen molar-refractivity contribution in [3.63, 3.8) is 0 Å². The van der Waals surface area contributed by atoms with Gasteiger partial charge in [0.1, 0.15) is 9.88 Å². The van der Waals surface area contributed by atoms with Crippen LogP contribution in [0.3, 0.4) is 0 Å². The Labute approximate surface area is 107 Å². The van der Waals surface area contributed by atoms with Gasteiger partial charge in [0.25, 0.3) is 0 Å². The number of aromatic carboxylic acids is 1. The number of fused-ring (bicyclic) bond motifs is 1. The Bertz CT molecular complexity index is 736. The van der Waals surface area contributed by atoms with Gasteiger partial charge in [-0.1, -0.05) is 24.3 Å². The van der Waals surface area contributed by atoms with Gasteiger partial charge >= 0.3 is 5.97 Å². The highest BCUT2D eigenvalue weighted by Gasteiger charge is 2.11. The van der Waals surface area contributed by atoms with Crippen LogP contribution in [-0.4, -0.2) is 21.0 Å². The number of carboxylic acid groups (broad SMARTS) is 1. The first-order chi connectivity index (χ1) is 8.74. The molecule has 0 aliphatic heterocycles. The number of thiazole rings is 1. The largest absolute Gasteiger partial charge is 0.477 e. The third kappa shape index (κ3) is 1.84. The summed E-state index contributed by atoms with van der Waals surface area (Å²) < 4.78 is 0. The van der Waals surface area contributed by atoms with Crippen LogP contribution in [0.2, 0.25) is 0 Å². The van der Waals surface area contributed by atoms with Crippen LogP contribution < -0.4 is 0 Å². The van der Waals surface area contributed by atoms with Crippen molar-refractivity contribution in [2.75, 3.05) is 0 Å². The standard InChI is InChI=1S/C13H8N2O2S/c16-13(17)11-7-14-12(18-11)10-6-5-8-3-1-2-4-9(8)15-10/h1-7H,(H,16,17). The van der Waals surface area contributed by atoms with Crippen molar-refractivity contribution >= 4 is 28.2 Å². The Hall–Kier alpha value is -2.27. The van der Waals surface area contributed by atoms with Crippen molar-refractivity contribution in [1.82, 2.24) is 9.97 Å². The zero-order valence-corrected chi connectivity index (χ0v) is 10.0. The molecule has 3 aromatic rings. The summed E-state index contributed by atoms with van der Waals surface area (Å²) in [5.74, 6) is -0.959. The second-order valence-corrected chi connectivity index (χ2v) is 4.75. The van der Waals surface area contributed by atoms with Crippen LogP contribution in [0.1, 0.15) is 9.67 Å². The topological polar surface area (TPSA) is 63.1 Å². The minimum Gasteiger partial charge on any atom is -0.477 e. The maximum Gasteiger partial charge on any atom is 0.347 e. The molecule has 3 rings (SSSR count). The molecule has 0 amide bonds. The molecule has 2 heterocycles. The lowest BCUT2D eigenvalue weighted by molar-refractivity contribution is 0.0702. The lowest BCUT2D eigenvalue weighted by Gasteiger charge is -1.99. The van der Waals surface area contributed by atoms with Gasteiger partial charge in [-0.3, -0.25) is 0 Å². The van der Waals surface area contributed by atoms with Crippen molar-refractivity contribution in [2.24, 2.45) is 0 Å². The van der Waals surface area contributed by atoms with Gasteiger partial charge < -0.3 is 5.11 Å². The summed E-state index contributed by atoms with van der Waals surface area (Å²) in [4.78, 5) is 19.6. The molecule has 0 saturated carbocycles. The van der Waals surface area contributed by atoms with Gasteiger partial charge in [-0.2, -0.15) is 0 Å². The molecule has 0 spiro atoms. The Balaban J connectivity index is 2.10. The van der Waals surface area contributed by atoms with Gasteiger partial charge in [-0.05, 0) is 12.1 Å². The van der Waals surface area contributed by atoms with Crippen LogP contribution in [0.25, 0.3) is 21.6 Å². The Morgan fingerprint density at radius 1 is 1.17 bits per heavy atom. The van der Waals surface area contributed by atoms with Gasteiger partial charge in [-0.15, -0.1) is 11.3 Å². The van der Waals surface area contributed by atoms with Crippen LogP contribution in [0.4, 0.5) is 0 Å². The fourth-order valence-electron chi connectivity index (χ4n) is 1.68. The zero-order chi connectivity index (χ0) is 12.5. The maximum absolute atomic E-state index is 10.8. The molecule has 0 radical (unpaired) electrons. The Kier molecular flexibility index (Phi) is 2.53. The van der Waals surface area contributed by atoms with E-state index in [4.69, 9.17) is 5.11 Å². The molecule has 0 bridgehead atoms. The van der Waals surface area contributed by atoms with E-state index >= 15 is 0 Å². The van der Waals surface area contributed by atoms with Crippen LogP contribution in [0.15, 0.2) is 42.6 Å². The van der Waals surface area contributed by atoms with Gasteiger partial charge in [0, 0.05) is 5.39 Å². The Morgan fingerprint density at radius 3 is 2.78 bits per heavy atom. The third-order valence-electron chi connectivity index (χ3n) is 2.53. The van der Waals surface area contributed by atoms with Crippen LogP contribution in [0.5, 0.6) is 0 Å². The quantitative estimate of drug-likeness (QED) is 0.765. The highest BCUT2D eigenvalue weighted by atomic mass is 32.1. The molecule has 5 heteroatoms. The highest BCUT2D eigenvalue weighted by Crippen LogP contribution is 2.25. The summed E-state index contributed by atoms with van der Waals surface area (Å²) >= 11 is 1.13. The average Bonchev–Trinajstić information content (AvgIpc) is 2.88. The van der Waals surface area contributed by atoms with Crippen molar-refractivity contribution in [3.05, 3.63) is 47.5 Å². The monoisotopic (exact) mass is 256 g/mol. The molecule has 0 unspecified atom stereocenters. The average molecular weight is 256 g/mol. The summed E-state index contributed by atoms with van der Waals surface area (Å²) in [5, 5.41) is 10.5. The molecule has 0 aliphatic rings. The first-order valence-corrected chi connectivity index (χ1v) is 6.11. The molecule has 4 nitrogen and oxygen atoms in total. The van der Waals surface area contributed by atoms with E-state index in [1.54, 1.807) is 0 Å². The molecule has 18 heavy (non-hydrogen) atoms. The van der Waals surface area contributed by atoms with E-state index in [-0.39, 0.29) is 4.88 Å². The van der Waals surface area contributed by atoms with E-state index < -0.39 is 5.97 Å². The van der Waals surface area contributed by atoms with E-state index in [0.717, 1.165) is 22.2 Å². The number of hydrogen-bond acceptors (Lipinski definition) is 4.